The first kappa shape index (κ1) is 15.3. The molecule has 5 nitrogen and oxygen atoms in total. The molecule has 0 unspecified atom stereocenters. The highest BCUT2D eigenvalue weighted by atomic mass is 16.5. The molecule has 0 radical (unpaired) electrons. The third-order valence-corrected chi connectivity index (χ3v) is 2.97. The van der Waals surface area contributed by atoms with E-state index < -0.39 is 5.97 Å². The van der Waals surface area contributed by atoms with E-state index >= 15 is 0 Å². The molecule has 22 heavy (non-hydrogen) atoms. The fourth-order valence-electron chi connectivity index (χ4n) is 1.81. The zero-order valence-electron chi connectivity index (χ0n) is 11.9. The van der Waals surface area contributed by atoms with Gasteiger partial charge in [-0.1, -0.05) is 6.07 Å². The van der Waals surface area contributed by atoms with Gasteiger partial charge < -0.3 is 15.2 Å². The van der Waals surface area contributed by atoms with Gasteiger partial charge in [0.25, 0.3) is 0 Å². The van der Waals surface area contributed by atoms with E-state index in [9.17, 15) is 9.59 Å². The van der Waals surface area contributed by atoms with Crippen molar-refractivity contribution in [3.8, 4) is 5.75 Å². The molecule has 0 saturated carbocycles. The molecular weight excluding hydrogens is 282 g/mol. The highest BCUT2D eigenvalue weighted by Crippen LogP contribution is 2.13. The fraction of sp³-hybridized carbons (Fsp3) is 0.0588. The van der Waals surface area contributed by atoms with Crippen molar-refractivity contribution in [1.82, 2.24) is 0 Å². The van der Waals surface area contributed by atoms with Crippen LogP contribution in [0, 0.1) is 0 Å². The average Bonchev–Trinajstić information content (AvgIpc) is 2.55. The van der Waals surface area contributed by atoms with Crippen LogP contribution in [0.4, 0.5) is 5.69 Å². The van der Waals surface area contributed by atoms with Gasteiger partial charge in [0.1, 0.15) is 5.75 Å². The van der Waals surface area contributed by atoms with E-state index in [2.05, 4.69) is 5.32 Å². The van der Waals surface area contributed by atoms with Crippen LogP contribution in [-0.2, 0) is 0 Å². The maximum absolute atomic E-state index is 11.9. The number of hydrogen-bond donors (Lipinski definition) is 2. The van der Waals surface area contributed by atoms with E-state index in [0.717, 1.165) is 0 Å². The summed E-state index contributed by atoms with van der Waals surface area (Å²) >= 11 is 0. The van der Waals surface area contributed by atoms with Gasteiger partial charge in [0.05, 0.1) is 12.7 Å². The number of methoxy groups -OCH3 is 1. The Hall–Kier alpha value is -3.08. The Morgan fingerprint density at radius 3 is 2.45 bits per heavy atom. The minimum atomic E-state index is -0.998. The molecule has 0 aliphatic rings. The predicted octanol–water partition coefficient (Wildman–Crippen LogP) is 3.20. The Morgan fingerprint density at radius 2 is 1.82 bits per heavy atom. The Morgan fingerprint density at radius 1 is 1.09 bits per heavy atom. The summed E-state index contributed by atoms with van der Waals surface area (Å²) in [6, 6.07) is 13.1. The molecule has 0 bridgehead atoms. The van der Waals surface area contributed by atoms with Crippen molar-refractivity contribution in [2.24, 2.45) is 0 Å². The van der Waals surface area contributed by atoms with Crippen LogP contribution >= 0.6 is 0 Å². The van der Waals surface area contributed by atoms with E-state index in [0.29, 0.717) is 17.0 Å². The normalized spacial score (nSPS) is 10.4. The highest BCUT2D eigenvalue weighted by molar-refractivity contribution is 6.04. The molecule has 0 aliphatic carbocycles. The summed E-state index contributed by atoms with van der Waals surface area (Å²) < 4.78 is 5.03. The predicted molar refractivity (Wildman–Crippen MR) is 83.5 cm³/mol. The summed E-state index contributed by atoms with van der Waals surface area (Å²) in [4.78, 5) is 22.8. The van der Waals surface area contributed by atoms with Crippen molar-refractivity contribution in [1.29, 1.82) is 0 Å². The molecule has 0 saturated heterocycles. The molecule has 5 heteroatoms. The summed E-state index contributed by atoms with van der Waals surface area (Å²) in [7, 11) is 1.56. The van der Waals surface area contributed by atoms with Crippen molar-refractivity contribution >= 4 is 17.4 Å². The van der Waals surface area contributed by atoms with Gasteiger partial charge in [0, 0.05) is 23.5 Å². The number of ether oxygens (including phenoxy) is 1. The molecule has 2 N–H and O–H groups in total. The first-order chi connectivity index (χ1) is 10.6. The largest absolute Gasteiger partial charge is 0.497 e. The third kappa shape index (κ3) is 3.96. The van der Waals surface area contributed by atoms with Crippen LogP contribution < -0.4 is 10.1 Å². The Bertz CT molecular complexity index is 705. The van der Waals surface area contributed by atoms with Gasteiger partial charge in [-0.25, -0.2) is 4.79 Å². The molecule has 2 aromatic rings. The lowest BCUT2D eigenvalue weighted by molar-refractivity contribution is 0.0696. The van der Waals surface area contributed by atoms with E-state index in [-0.39, 0.29) is 11.3 Å². The maximum atomic E-state index is 11.9. The number of anilines is 1. The van der Waals surface area contributed by atoms with E-state index in [4.69, 9.17) is 9.84 Å². The molecule has 0 atom stereocenters. The summed E-state index contributed by atoms with van der Waals surface area (Å²) in [6.45, 7) is 0. The maximum Gasteiger partial charge on any atom is 0.335 e. The van der Waals surface area contributed by atoms with Crippen LogP contribution in [0.5, 0.6) is 5.75 Å². The Kier molecular flexibility index (Phi) is 4.93. The van der Waals surface area contributed by atoms with E-state index in [1.54, 1.807) is 43.5 Å². The molecule has 0 heterocycles. The SMILES string of the molecule is COc1ccc(C(=O)/C=C\Nc2cccc(C(=O)O)c2)cc1. The number of allylic oxidation sites excluding steroid dienone is 1. The van der Waals surface area contributed by atoms with Crippen LogP contribution in [0.1, 0.15) is 20.7 Å². The number of carboxylic acids is 1. The Balaban J connectivity index is 2.00. The minimum Gasteiger partial charge on any atom is -0.497 e. The van der Waals surface area contributed by atoms with Crippen molar-refractivity contribution in [3.63, 3.8) is 0 Å². The van der Waals surface area contributed by atoms with E-state index in [1.807, 2.05) is 0 Å². The number of carbonyl (C=O) groups excluding carboxylic acids is 1. The molecular formula is C17H15NO4. The zero-order chi connectivity index (χ0) is 15.9. The Labute approximate surface area is 127 Å². The molecule has 2 aromatic carbocycles. The van der Waals surface area contributed by atoms with Crippen molar-refractivity contribution < 1.29 is 19.4 Å². The fourth-order valence-corrected chi connectivity index (χ4v) is 1.81. The monoisotopic (exact) mass is 297 g/mol. The molecule has 0 aliphatic heterocycles. The van der Waals surface area contributed by atoms with Gasteiger partial charge in [-0.05, 0) is 42.5 Å². The second kappa shape index (κ2) is 7.08. The van der Waals surface area contributed by atoms with Crippen LogP contribution in [0.25, 0.3) is 0 Å². The van der Waals surface area contributed by atoms with Gasteiger partial charge in [-0.3, -0.25) is 4.79 Å². The summed E-state index contributed by atoms with van der Waals surface area (Å²) in [5.74, 6) is -0.476. The smallest absolute Gasteiger partial charge is 0.335 e. The number of rotatable bonds is 6. The summed E-state index contributed by atoms with van der Waals surface area (Å²) in [6.07, 6.45) is 2.86. The first-order valence-corrected chi connectivity index (χ1v) is 6.55. The van der Waals surface area contributed by atoms with Crippen molar-refractivity contribution in [2.75, 3.05) is 12.4 Å². The van der Waals surface area contributed by atoms with Gasteiger partial charge in [-0.15, -0.1) is 0 Å². The van der Waals surface area contributed by atoms with Crippen LogP contribution in [0.3, 0.4) is 0 Å². The van der Waals surface area contributed by atoms with Gasteiger partial charge >= 0.3 is 5.97 Å². The third-order valence-electron chi connectivity index (χ3n) is 2.97. The lowest BCUT2D eigenvalue weighted by Gasteiger charge is -2.02. The number of aromatic carboxylic acids is 1. The second-order valence-corrected chi connectivity index (χ2v) is 4.46. The highest BCUT2D eigenvalue weighted by Gasteiger charge is 2.03. The standard InChI is InChI=1S/C17H15NO4/c1-22-15-7-5-12(6-8-15)16(19)9-10-18-14-4-2-3-13(11-14)17(20)21/h2-11,18H,1H3,(H,20,21)/b10-9-. The van der Waals surface area contributed by atoms with E-state index in [1.165, 1.54) is 24.4 Å². The lowest BCUT2D eigenvalue weighted by Crippen LogP contribution is -1.98. The average molecular weight is 297 g/mol. The van der Waals surface area contributed by atoms with Crippen LogP contribution in [-0.4, -0.2) is 24.0 Å². The molecule has 0 fully saturated rings. The quantitative estimate of drug-likeness (QED) is 0.632. The summed E-state index contributed by atoms with van der Waals surface area (Å²) in [5.41, 5.74) is 1.32. The zero-order valence-corrected chi connectivity index (χ0v) is 11.9. The number of benzene rings is 2. The van der Waals surface area contributed by atoms with Crippen LogP contribution in [0.2, 0.25) is 0 Å². The molecule has 0 spiro atoms. The molecule has 2 rings (SSSR count). The second-order valence-electron chi connectivity index (χ2n) is 4.46. The number of carbonyl (C=O) groups is 2. The minimum absolute atomic E-state index is 0.162. The van der Waals surface area contributed by atoms with Crippen molar-refractivity contribution in [3.05, 3.63) is 71.9 Å². The van der Waals surface area contributed by atoms with Gasteiger partial charge in [-0.2, -0.15) is 0 Å². The lowest BCUT2D eigenvalue weighted by atomic mass is 10.1. The summed E-state index contributed by atoms with van der Waals surface area (Å²) in [5, 5.41) is 11.8. The molecule has 0 aromatic heterocycles. The number of ketones is 1. The number of nitrogens with one attached hydrogen (secondary N) is 1. The molecule has 112 valence electrons. The topological polar surface area (TPSA) is 75.6 Å². The van der Waals surface area contributed by atoms with Gasteiger partial charge in [0.15, 0.2) is 5.78 Å². The number of carboxylic acid groups (broad SMARTS) is 1. The van der Waals surface area contributed by atoms with Gasteiger partial charge in [0.2, 0.25) is 0 Å². The van der Waals surface area contributed by atoms with Crippen molar-refractivity contribution in [2.45, 2.75) is 0 Å². The van der Waals surface area contributed by atoms with Crippen LogP contribution in [0.15, 0.2) is 60.8 Å². The first-order valence-electron chi connectivity index (χ1n) is 6.55. The number of hydrogen-bond acceptors (Lipinski definition) is 4. The molecule has 0 amide bonds.